The molecule has 218 valence electrons. The first-order chi connectivity index (χ1) is 20.0. The van der Waals surface area contributed by atoms with Crippen molar-refractivity contribution in [3.8, 4) is 0 Å². The number of thioether (sulfide) groups is 1. The van der Waals surface area contributed by atoms with E-state index in [0.717, 1.165) is 30.8 Å². The number of benzene rings is 3. The first-order valence-electron chi connectivity index (χ1n) is 13.1. The lowest BCUT2D eigenvalue weighted by molar-refractivity contribution is 0.400. The average Bonchev–Trinajstić information content (AvgIpc) is 3.58. The van der Waals surface area contributed by atoms with Crippen molar-refractivity contribution < 1.29 is 16.8 Å². The van der Waals surface area contributed by atoms with Crippen molar-refractivity contribution in [3.05, 3.63) is 135 Å². The van der Waals surface area contributed by atoms with E-state index in [1.54, 1.807) is 78.9 Å². The largest absolute Gasteiger partial charge is 0.356 e. The summed E-state index contributed by atoms with van der Waals surface area (Å²) in [5.74, 6) is 0.468. The lowest BCUT2D eigenvalue weighted by Crippen LogP contribution is -2.30. The van der Waals surface area contributed by atoms with E-state index in [0.29, 0.717) is 11.3 Å². The first kappa shape index (κ1) is 30.6. The van der Waals surface area contributed by atoms with Crippen LogP contribution in [0.1, 0.15) is 27.8 Å². The minimum Gasteiger partial charge on any atom is -0.356 e. The van der Waals surface area contributed by atoms with Crippen molar-refractivity contribution in [3.63, 3.8) is 0 Å². The van der Waals surface area contributed by atoms with Gasteiger partial charge in [0.2, 0.25) is 10.0 Å². The highest BCUT2D eigenvalue weighted by atomic mass is 127. The highest BCUT2D eigenvalue weighted by Gasteiger charge is 2.28. The molecule has 3 aromatic carbocycles. The molecule has 0 aliphatic carbocycles. The Bertz CT molecular complexity index is 1880. The molecule has 0 radical (unpaired) electrons. The van der Waals surface area contributed by atoms with Crippen LogP contribution in [0.2, 0.25) is 0 Å². The van der Waals surface area contributed by atoms with Gasteiger partial charge < -0.3 is 4.98 Å². The second-order valence-electron chi connectivity index (χ2n) is 9.96. The Hall–Kier alpha value is -2.84. The zero-order valence-electron chi connectivity index (χ0n) is 23.1. The Morgan fingerprint density at radius 3 is 1.90 bits per heavy atom. The predicted octanol–water partition coefficient (Wildman–Crippen LogP) is 6.96. The Balaban J connectivity index is 1.57. The van der Waals surface area contributed by atoms with E-state index in [1.165, 1.54) is 8.28 Å². The standard InChI is InChI=1S/C31H30IN3O4S3/c1-23-8-12-29(13-9-23)41(36,37)34(18-25-16-17-33-31(25)32)19-26-20-35(42(38,39)30-14-10-24(2)11-15-30)21-27(26)22-40-28-6-4-3-5-7-28/h3-17,20-21,33H,18-19,22H2,1-2H3. The first-order valence-corrected chi connectivity index (χ1v) is 18.1. The van der Waals surface area contributed by atoms with Gasteiger partial charge in [0, 0.05) is 42.3 Å². The van der Waals surface area contributed by atoms with E-state index in [4.69, 9.17) is 0 Å². The molecule has 0 saturated carbocycles. The molecule has 7 nitrogen and oxygen atoms in total. The van der Waals surface area contributed by atoms with Crippen molar-refractivity contribution in [1.29, 1.82) is 0 Å². The Morgan fingerprint density at radius 1 is 0.738 bits per heavy atom. The maximum Gasteiger partial charge on any atom is 0.267 e. The summed E-state index contributed by atoms with van der Waals surface area (Å²) in [6, 6.07) is 25.2. The molecule has 1 N–H and O–H groups in total. The maximum atomic E-state index is 14.0. The minimum atomic E-state index is -3.93. The summed E-state index contributed by atoms with van der Waals surface area (Å²) >= 11 is 3.72. The van der Waals surface area contributed by atoms with Crippen LogP contribution in [0.25, 0.3) is 0 Å². The SMILES string of the molecule is Cc1ccc(S(=O)(=O)N(Cc2cn(S(=O)(=O)c3ccc(C)cc3)cc2CSc2ccccc2)Cc2cc[nH]c2I)cc1. The van der Waals surface area contributed by atoms with Crippen LogP contribution in [0.4, 0.5) is 0 Å². The summed E-state index contributed by atoms with van der Waals surface area (Å²) < 4.78 is 58.8. The lowest BCUT2D eigenvalue weighted by atomic mass is 10.2. The second kappa shape index (κ2) is 12.8. The number of halogens is 1. The Morgan fingerprint density at radius 2 is 1.31 bits per heavy atom. The molecule has 0 unspecified atom stereocenters. The van der Waals surface area contributed by atoms with Gasteiger partial charge in [-0.15, -0.1) is 11.8 Å². The monoisotopic (exact) mass is 731 g/mol. The van der Waals surface area contributed by atoms with E-state index >= 15 is 0 Å². The average molecular weight is 732 g/mol. The number of hydrogen-bond donors (Lipinski definition) is 1. The second-order valence-corrected chi connectivity index (χ2v) is 15.9. The van der Waals surface area contributed by atoms with E-state index in [1.807, 2.05) is 50.2 Å². The molecular formula is C31H30IN3O4S3. The van der Waals surface area contributed by atoms with Gasteiger partial charge in [0.1, 0.15) is 0 Å². The molecule has 0 fully saturated rings. The summed E-state index contributed by atoms with van der Waals surface area (Å²) in [7, 11) is -7.82. The lowest BCUT2D eigenvalue weighted by Gasteiger charge is -2.22. The third-order valence-electron chi connectivity index (χ3n) is 6.84. The van der Waals surface area contributed by atoms with Crippen LogP contribution >= 0.6 is 34.4 Å². The van der Waals surface area contributed by atoms with Gasteiger partial charge in [-0.3, -0.25) is 0 Å². The van der Waals surface area contributed by atoms with Gasteiger partial charge in [-0.25, -0.2) is 20.8 Å². The number of H-pyrrole nitrogens is 1. The number of nitrogens with one attached hydrogen (secondary N) is 1. The number of rotatable bonds is 11. The van der Waals surface area contributed by atoms with E-state index < -0.39 is 20.0 Å². The van der Waals surface area contributed by atoms with Gasteiger partial charge in [0.15, 0.2) is 0 Å². The van der Waals surface area contributed by atoms with Crippen molar-refractivity contribution in [2.45, 2.75) is 47.4 Å². The van der Waals surface area contributed by atoms with Crippen LogP contribution < -0.4 is 0 Å². The number of hydrogen-bond acceptors (Lipinski definition) is 5. The number of aromatic amines is 1. The fourth-order valence-corrected chi connectivity index (χ4v) is 8.51. The summed E-state index contributed by atoms with van der Waals surface area (Å²) in [4.78, 5) is 4.50. The van der Waals surface area contributed by atoms with Crippen LogP contribution in [-0.4, -0.2) is 30.1 Å². The molecule has 0 aliphatic rings. The third kappa shape index (κ3) is 6.86. The third-order valence-corrected chi connectivity index (χ3v) is 12.3. The Kier molecular flexibility index (Phi) is 9.33. The van der Waals surface area contributed by atoms with Crippen LogP contribution in [0.15, 0.2) is 118 Å². The molecule has 2 aromatic heterocycles. The maximum absolute atomic E-state index is 14.0. The van der Waals surface area contributed by atoms with Gasteiger partial charge in [0.25, 0.3) is 10.0 Å². The molecule has 0 atom stereocenters. The normalized spacial score (nSPS) is 12.2. The minimum absolute atomic E-state index is 0.00142. The Labute approximate surface area is 265 Å². The van der Waals surface area contributed by atoms with E-state index in [9.17, 15) is 16.8 Å². The molecular weight excluding hydrogens is 701 g/mol. The highest BCUT2D eigenvalue weighted by Crippen LogP contribution is 2.30. The highest BCUT2D eigenvalue weighted by molar-refractivity contribution is 14.1. The van der Waals surface area contributed by atoms with Crippen molar-refractivity contribution in [1.82, 2.24) is 13.3 Å². The molecule has 2 heterocycles. The topological polar surface area (TPSA) is 92.2 Å². The molecule has 5 aromatic rings. The number of nitrogens with zero attached hydrogens (tertiary/aromatic N) is 2. The number of aromatic nitrogens is 2. The van der Waals surface area contributed by atoms with Crippen molar-refractivity contribution >= 4 is 54.4 Å². The number of aryl methyl sites for hydroxylation is 2. The van der Waals surface area contributed by atoms with Crippen LogP contribution in [0, 0.1) is 17.5 Å². The summed E-state index contributed by atoms with van der Waals surface area (Å²) in [5.41, 5.74) is 4.11. The fraction of sp³-hybridized carbons (Fsp3) is 0.161. The quantitative estimate of drug-likeness (QED) is 0.117. The van der Waals surface area contributed by atoms with Crippen molar-refractivity contribution in [2.75, 3.05) is 0 Å². The molecule has 5 rings (SSSR count). The summed E-state index contributed by atoms with van der Waals surface area (Å²) in [6.07, 6.45) is 4.94. The van der Waals surface area contributed by atoms with Gasteiger partial charge in [-0.1, -0.05) is 53.6 Å². The molecule has 0 aliphatic heterocycles. The smallest absolute Gasteiger partial charge is 0.267 e. The fourth-order valence-electron chi connectivity index (χ4n) is 4.40. The summed E-state index contributed by atoms with van der Waals surface area (Å²) in [6.45, 7) is 3.93. The molecule has 0 bridgehead atoms. The molecule has 11 heteroatoms. The van der Waals surface area contributed by atoms with Gasteiger partial charge >= 0.3 is 0 Å². The van der Waals surface area contributed by atoms with Gasteiger partial charge in [-0.05, 0) is 95.6 Å². The predicted molar refractivity (Wildman–Crippen MR) is 175 cm³/mol. The molecule has 0 spiro atoms. The van der Waals surface area contributed by atoms with E-state index in [-0.39, 0.29) is 22.9 Å². The summed E-state index contributed by atoms with van der Waals surface area (Å²) in [5, 5.41) is 0. The molecule has 0 amide bonds. The van der Waals surface area contributed by atoms with E-state index in [2.05, 4.69) is 27.6 Å². The van der Waals surface area contributed by atoms with Gasteiger partial charge in [0.05, 0.1) is 13.5 Å². The van der Waals surface area contributed by atoms with Crippen LogP contribution in [-0.2, 0) is 38.9 Å². The van der Waals surface area contributed by atoms with Crippen LogP contribution in [0.3, 0.4) is 0 Å². The molecule has 0 saturated heterocycles. The number of sulfonamides is 1. The molecule has 42 heavy (non-hydrogen) atoms. The van der Waals surface area contributed by atoms with Crippen molar-refractivity contribution in [2.24, 2.45) is 0 Å². The van der Waals surface area contributed by atoms with Crippen LogP contribution in [0.5, 0.6) is 0 Å². The zero-order valence-corrected chi connectivity index (χ0v) is 27.7. The zero-order chi connectivity index (χ0) is 29.9. The van der Waals surface area contributed by atoms with Gasteiger partial charge in [-0.2, -0.15) is 4.31 Å².